The number of hydrogen-bond acceptors (Lipinski definition) is 1. The maximum absolute atomic E-state index is 13.4. The lowest BCUT2D eigenvalue weighted by molar-refractivity contribution is 0.167. The lowest BCUT2D eigenvalue weighted by atomic mass is 9.82. The molecule has 2 atom stereocenters. The molecule has 3 heteroatoms. The number of allylic oxidation sites excluding steroid dienone is 4. The normalized spacial score (nSPS) is 17.6. The molecule has 0 aromatic carbocycles. The third-order valence-corrected chi connectivity index (χ3v) is 10.6. The second kappa shape index (κ2) is 32.4. The quantitative estimate of drug-likeness (QED) is 0.0695. The predicted octanol–water partition coefficient (Wildman–Crippen LogP) is 15.3. The van der Waals surface area contributed by atoms with Gasteiger partial charge in [-0.3, -0.25) is 4.90 Å². The first-order valence-corrected chi connectivity index (χ1v) is 21.3. The van der Waals surface area contributed by atoms with Gasteiger partial charge in [0.1, 0.15) is 0 Å². The molecule has 0 bridgehead atoms. The molecule has 0 fully saturated rings. The van der Waals surface area contributed by atoms with Gasteiger partial charge in [0, 0.05) is 18.3 Å². The van der Waals surface area contributed by atoms with E-state index in [1.54, 1.807) is 0 Å². The summed E-state index contributed by atoms with van der Waals surface area (Å²) in [6.07, 6.45) is 57.6. The van der Waals surface area contributed by atoms with Gasteiger partial charge in [-0.25, -0.2) is 4.79 Å². The molecule has 1 rings (SSSR count). The van der Waals surface area contributed by atoms with Crippen LogP contribution in [0.5, 0.6) is 0 Å². The van der Waals surface area contributed by atoms with Crippen molar-refractivity contribution in [1.29, 1.82) is 0 Å². The molecular formula is C45H82N2O. The van der Waals surface area contributed by atoms with Crippen molar-refractivity contribution in [1.82, 2.24) is 10.2 Å². The van der Waals surface area contributed by atoms with Crippen LogP contribution < -0.4 is 5.32 Å². The molecule has 2 unspecified atom stereocenters. The van der Waals surface area contributed by atoms with E-state index in [4.69, 9.17) is 0 Å². The summed E-state index contributed by atoms with van der Waals surface area (Å²) < 4.78 is 0. The van der Waals surface area contributed by atoms with E-state index < -0.39 is 0 Å². The SMILES string of the molecule is CCCCCCCCCCCCCCCCC=CNC(=O)N(C=CCCCCCCCCCCCCCCCC)C1(C)C=CC=CC1C. The molecule has 0 aromatic heterocycles. The van der Waals surface area contributed by atoms with Crippen LogP contribution in [0, 0.1) is 5.92 Å². The molecule has 48 heavy (non-hydrogen) atoms. The highest BCUT2D eigenvalue weighted by atomic mass is 16.2. The van der Waals surface area contributed by atoms with E-state index in [1.807, 2.05) is 17.3 Å². The average molecular weight is 667 g/mol. The van der Waals surface area contributed by atoms with E-state index in [2.05, 4.69) is 69.5 Å². The molecule has 0 saturated heterocycles. The molecule has 1 aliphatic carbocycles. The van der Waals surface area contributed by atoms with Crippen molar-refractivity contribution in [3.05, 3.63) is 48.9 Å². The van der Waals surface area contributed by atoms with Crippen LogP contribution in [-0.2, 0) is 0 Å². The lowest BCUT2D eigenvalue weighted by Crippen LogP contribution is -2.52. The Morgan fingerprint density at radius 3 is 1.35 bits per heavy atom. The van der Waals surface area contributed by atoms with Crippen LogP contribution >= 0.6 is 0 Å². The van der Waals surface area contributed by atoms with Crippen LogP contribution in [0.25, 0.3) is 0 Å². The molecular weight excluding hydrogens is 585 g/mol. The third kappa shape index (κ3) is 23.6. The number of carbonyl (C=O) groups is 1. The van der Waals surface area contributed by atoms with Gasteiger partial charge in [0.25, 0.3) is 0 Å². The van der Waals surface area contributed by atoms with Gasteiger partial charge >= 0.3 is 6.03 Å². The van der Waals surface area contributed by atoms with Crippen LogP contribution in [-0.4, -0.2) is 16.5 Å². The van der Waals surface area contributed by atoms with E-state index in [0.717, 1.165) is 12.8 Å². The summed E-state index contributed by atoms with van der Waals surface area (Å²) in [6, 6.07) is -0.0429. The fourth-order valence-corrected chi connectivity index (χ4v) is 6.95. The van der Waals surface area contributed by atoms with Gasteiger partial charge in [0.05, 0.1) is 5.54 Å². The molecule has 278 valence electrons. The van der Waals surface area contributed by atoms with Crippen molar-refractivity contribution < 1.29 is 4.79 Å². The maximum atomic E-state index is 13.4. The summed E-state index contributed by atoms with van der Waals surface area (Å²) >= 11 is 0. The Hall–Kier alpha value is -1.77. The Morgan fingerprint density at radius 1 is 0.583 bits per heavy atom. The molecule has 0 aliphatic heterocycles. The number of carbonyl (C=O) groups excluding carboxylic acids is 1. The van der Waals surface area contributed by atoms with E-state index in [9.17, 15) is 4.79 Å². The van der Waals surface area contributed by atoms with E-state index in [1.165, 1.54) is 180 Å². The van der Waals surface area contributed by atoms with Gasteiger partial charge in [0.2, 0.25) is 0 Å². The minimum atomic E-state index is -0.368. The summed E-state index contributed by atoms with van der Waals surface area (Å²) in [5.74, 6) is 0.249. The predicted molar refractivity (Wildman–Crippen MR) is 214 cm³/mol. The lowest BCUT2D eigenvalue weighted by Gasteiger charge is -2.41. The van der Waals surface area contributed by atoms with Crippen LogP contribution in [0.1, 0.15) is 220 Å². The molecule has 0 radical (unpaired) electrons. The van der Waals surface area contributed by atoms with Gasteiger partial charge in [-0.1, -0.05) is 224 Å². The first-order chi connectivity index (χ1) is 23.6. The minimum Gasteiger partial charge on any atom is -0.315 e. The van der Waals surface area contributed by atoms with Crippen molar-refractivity contribution >= 4 is 6.03 Å². The van der Waals surface area contributed by atoms with Gasteiger partial charge in [-0.2, -0.15) is 0 Å². The highest BCUT2D eigenvalue weighted by molar-refractivity contribution is 5.77. The van der Waals surface area contributed by atoms with Gasteiger partial charge in [-0.15, -0.1) is 0 Å². The summed E-state index contributed by atoms with van der Waals surface area (Å²) in [7, 11) is 0. The smallest absolute Gasteiger partial charge is 0.315 e. The Balaban J connectivity index is 2.21. The van der Waals surface area contributed by atoms with Gasteiger partial charge in [-0.05, 0) is 32.6 Å². The number of nitrogens with one attached hydrogen (secondary N) is 1. The minimum absolute atomic E-state index is 0.0429. The van der Waals surface area contributed by atoms with Gasteiger partial charge in [0.15, 0.2) is 0 Å². The Kier molecular flexibility index (Phi) is 29.9. The molecule has 1 N–H and O–H groups in total. The standard InChI is InChI=1S/C45H82N2O/c1-5-7-9-11-13-15-17-19-21-23-25-27-29-31-33-37-41-46-44(48)47(45(4)40-36-35-39-43(45)3)42-38-34-32-30-28-26-24-22-20-18-16-14-12-10-8-6-2/h35-43H,5-34H2,1-4H3,(H,46,48). The summed E-state index contributed by atoms with van der Waals surface area (Å²) in [6.45, 7) is 8.96. The number of urea groups is 1. The summed E-state index contributed by atoms with van der Waals surface area (Å²) in [5, 5.41) is 3.08. The maximum Gasteiger partial charge on any atom is 0.326 e. The topological polar surface area (TPSA) is 32.3 Å². The molecule has 0 heterocycles. The van der Waals surface area contributed by atoms with Crippen LogP contribution in [0.4, 0.5) is 4.79 Å². The highest BCUT2D eigenvalue weighted by Crippen LogP contribution is 2.31. The van der Waals surface area contributed by atoms with Crippen molar-refractivity contribution in [3.8, 4) is 0 Å². The van der Waals surface area contributed by atoms with Crippen molar-refractivity contribution in [2.24, 2.45) is 5.92 Å². The molecule has 2 amide bonds. The van der Waals surface area contributed by atoms with Crippen LogP contribution in [0.2, 0.25) is 0 Å². The zero-order valence-electron chi connectivity index (χ0n) is 32.8. The zero-order valence-corrected chi connectivity index (χ0v) is 32.8. The average Bonchev–Trinajstić information content (AvgIpc) is 3.08. The Bertz CT molecular complexity index is 842. The van der Waals surface area contributed by atoms with Crippen molar-refractivity contribution in [2.45, 2.75) is 226 Å². The largest absolute Gasteiger partial charge is 0.326 e. The number of rotatable bonds is 33. The molecule has 0 saturated carbocycles. The fourth-order valence-electron chi connectivity index (χ4n) is 6.95. The Morgan fingerprint density at radius 2 is 0.958 bits per heavy atom. The second-order valence-corrected chi connectivity index (χ2v) is 15.1. The van der Waals surface area contributed by atoms with Crippen LogP contribution in [0.3, 0.4) is 0 Å². The van der Waals surface area contributed by atoms with Crippen molar-refractivity contribution in [3.63, 3.8) is 0 Å². The molecule has 0 spiro atoms. The summed E-state index contributed by atoms with van der Waals surface area (Å²) in [5.41, 5.74) is -0.368. The second-order valence-electron chi connectivity index (χ2n) is 15.1. The highest BCUT2D eigenvalue weighted by Gasteiger charge is 2.36. The number of nitrogens with zero attached hydrogens (tertiary/aromatic N) is 1. The van der Waals surface area contributed by atoms with Gasteiger partial charge < -0.3 is 5.32 Å². The fraction of sp³-hybridized carbons (Fsp3) is 0.800. The molecule has 0 aromatic rings. The monoisotopic (exact) mass is 667 g/mol. The molecule has 1 aliphatic rings. The third-order valence-electron chi connectivity index (χ3n) is 10.6. The van der Waals surface area contributed by atoms with E-state index in [0.29, 0.717) is 0 Å². The first-order valence-electron chi connectivity index (χ1n) is 21.3. The number of amides is 2. The van der Waals surface area contributed by atoms with E-state index in [-0.39, 0.29) is 17.5 Å². The molecule has 3 nitrogen and oxygen atoms in total. The number of unbranched alkanes of at least 4 members (excludes halogenated alkanes) is 28. The number of hydrogen-bond donors (Lipinski definition) is 1. The zero-order chi connectivity index (χ0) is 34.8. The van der Waals surface area contributed by atoms with Crippen LogP contribution in [0.15, 0.2) is 48.9 Å². The first kappa shape index (κ1) is 44.3. The summed E-state index contributed by atoms with van der Waals surface area (Å²) in [4.78, 5) is 15.3. The van der Waals surface area contributed by atoms with E-state index >= 15 is 0 Å². The Labute approximate surface area is 301 Å². The van der Waals surface area contributed by atoms with Crippen molar-refractivity contribution in [2.75, 3.05) is 0 Å².